The highest BCUT2D eigenvalue weighted by Crippen LogP contribution is 2.20. The summed E-state index contributed by atoms with van der Waals surface area (Å²) >= 11 is 0. The summed E-state index contributed by atoms with van der Waals surface area (Å²) in [6, 6.07) is 20.5. The zero-order valence-electron chi connectivity index (χ0n) is 14.0. The monoisotopic (exact) mass is 344 g/mol. The summed E-state index contributed by atoms with van der Waals surface area (Å²) in [6.45, 7) is 3.61. The van der Waals surface area contributed by atoms with Crippen LogP contribution in [0.1, 0.15) is 13.3 Å². The molecule has 0 radical (unpaired) electrons. The van der Waals surface area contributed by atoms with Crippen LogP contribution in [0.2, 0.25) is 6.04 Å². The van der Waals surface area contributed by atoms with Crippen molar-refractivity contribution >= 4 is 9.28 Å². The molecule has 2 aromatic carbocycles. The van der Waals surface area contributed by atoms with Crippen molar-refractivity contribution in [2.24, 2.45) is 0 Å². The lowest BCUT2D eigenvalue weighted by molar-refractivity contribution is 0.0490. The van der Waals surface area contributed by atoms with Crippen molar-refractivity contribution in [1.82, 2.24) is 0 Å². The summed E-state index contributed by atoms with van der Waals surface area (Å²) in [7, 11) is -1.97. The van der Waals surface area contributed by atoms with Gasteiger partial charge in [-0.3, -0.25) is 0 Å². The summed E-state index contributed by atoms with van der Waals surface area (Å²) in [5.41, 5.74) is 0. The molecule has 0 bridgehead atoms. The molecule has 0 N–H and O–H groups in total. The molecule has 1 heterocycles. The second-order valence-corrected chi connectivity index (χ2v) is 7.65. The number of rotatable bonds is 10. The van der Waals surface area contributed by atoms with E-state index in [2.05, 4.69) is 6.92 Å². The van der Waals surface area contributed by atoms with Crippen LogP contribution in [0.5, 0.6) is 11.5 Å². The lowest BCUT2D eigenvalue weighted by Crippen LogP contribution is -2.35. The number of ether oxygens (including phenoxy) is 2. The second-order valence-electron chi connectivity index (χ2n) is 5.85. The molecule has 1 fully saturated rings. The topological polar surface area (TPSA) is 40.2 Å². The highest BCUT2D eigenvalue weighted by molar-refractivity contribution is 6.46. The zero-order chi connectivity index (χ0) is 16.6. The summed E-state index contributed by atoms with van der Waals surface area (Å²) in [6.07, 6.45) is 1.36. The van der Waals surface area contributed by atoms with Gasteiger partial charge in [-0.25, -0.2) is 0 Å². The molecule has 0 aliphatic carbocycles. The molecule has 0 aromatic heterocycles. The molecule has 1 aliphatic heterocycles. The van der Waals surface area contributed by atoms with Gasteiger partial charge >= 0.3 is 9.28 Å². The molecule has 2 atom stereocenters. The van der Waals surface area contributed by atoms with E-state index in [1.54, 1.807) is 0 Å². The molecule has 24 heavy (non-hydrogen) atoms. The highest BCUT2D eigenvalue weighted by Gasteiger charge is 2.27. The highest BCUT2D eigenvalue weighted by atomic mass is 28.3. The van der Waals surface area contributed by atoms with Crippen molar-refractivity contribution in [2.75, 3.05) is 13.2 Å². The lowest BCUT2D eigenvalue weighted by Gasteiger charge is -2.23. The number of hydrogen-bond acceptors (Lipinski definition) is 4. The van der Waals surface area contributed by atoms with Crippen LogP contribution < -0.4 is 8.85 Å². The quantitative estimate of drug-likeness (QED) is 0.488. The van der Waals surface area contributed by atoms with Crippen LogP contribution in [0.25, 0.3) is 0 Å². The zero-order valence-corrected chi connectivity index (χ0v) is 15.1. The average Bonchev–Trinajstić information content (AvgIpc) is 3.44. The molecule has 128 valence electrons. The first kappa shape index (κ1) is 17.0. The van der Waals surface area contributed by atoms with Crippen LogP contribution in [0, 0.1) is 0 Å². The van der Waals surface area contributed by atoms with Gasteiger partial charge in [-0.05, 0) is 30.7 Å². The number of epoxide rings is 1. The van der Waals surface area contributed by atoms with E-state index >= 15 is 0 Å². The summed E-state index contributed by atoms with van der Waals surface area (Å²) in [4.78, 5) is 0. The predicted octanol–water partition coefficient (Wildman–Crippen LogP) is 3.56. The van der Waals surface area contributed by atoms with Crippen LogP contribution >= 0.6 is 0 Å². The average molecular weight is 344 g/mol. The first-order valence-electron chi connectivity index (χ1n) is 8.50. The van der Waals surface area contributed by atoms with Crippen LogP contribution in [-0.2, 0) is 9.47 Å². The van der Waals surface area contributed by atoms with Gasteiger partial charge in [0.25, 0.3) is 0 Å². The summed E-state index contributed by atoms with van der Waals surface area (Å²) in [5.74, 6) is 1.70. The molecule has 0 spiro atoms. The lowest BCUT2D eigenvalue weighted by atomic mass is 10.3. The van der Waals surface area contributed by atoms with E-state index in [0.29, 0.717) is 6.61 Å². The van der Waals surface area contributed by atoms with Gasteiger partial charge in [0.15, 0.2) is 0 Å². The smallest absolute Gasteiger partial charge is 0.446 e. The van der Waals surface area contributed by atoms with E-state index in [1.807, 2.05) is 60.7 Å². The maximum Gasteiger partial charge on any atom is 0.446 e. The maximum absolute atomic E-state index is 6.18. The Balaban J connectivity index is 1.62. The van der Waals surface area contributed by atoms with E-state index in [4.69, 9.17) is 18.3 Å². The van der Waals surface area contributed by atoms with Gasteiger partial charge in [-0.15, -0.1) is 0 Å². The van der Waals surface area contributed by atoms with Gasteiger partial charge in [0.1, 0.15) is 17.6 Å². The van der Waals surface area contributed by atoms with Crippen LogP contribution in [-0.4, -0.2) is 34.7 Å². The fourth-order valence-corrected chi connectivity index (χ4v) is 4.46. The third kappa shape index (κ3) is 5.67. The Morgan fingerprint density at radius 3 is 2.00 bits per heavy atom. The molecular weight excluding hydrogens is 320 g/mol. The second kappa shape index (κ2) is 8.87. The van der Waals surface area contributed by atoms with Crippen LogP contribution in [0.15, 0.2) is 60.7 Å². The van der Waals surface area contributed by atoms with E-state index in [-0.39, 0.29) is 12.2 Å². The first-order valence-corrected chi connectivity index (χ1v) is 10.3. The molecular formula is C19H24O4Si. The van der Waals surface area contributed by atoms with Gasteiger partial charge in [-0.2, -0.15) is 0 Å². The normalized spacial score (nSPS) is 17.5. The maximum atomic E-state index is 6.18. The molecule has 0 saturated carbocycles. The van der Waals surface area contributed by atoms with Crippen molar-refractivity contribution < 1.29 is 18.3 Å². The van der Waals surface area contributed by atoms with Gasteiger partial charge in [-0.1, -0.05) is 43.3 Å². The van der Waals surface area contributed by atoms with Crippen molar-refractivity contribution in [2.45, 2.75) is 31.6 Å². The minimum atomic E-state index is -1.97. The van der Waals surface area contributed by atoms with Gasteiger partial charge in [0.2, 0.25) is 0 Å². The molecule has 4 nitrogen and oxygen atoms in total. The standard InChI is InChI=1S/C19H24O4Si/c1-2-16(20-13-19-14-21-19)15-24(22-17-9-5-3-6-10-17)23-18-11-7-4-8-12-18/h3-12,16,19,24H,2,13-15H2,1H3. The fraction of sp³-hybridized carbons (Fsp3) is 0.368. The minimum absolute atomic E-state index is 0.137. The third-order valence-electron chi connectivity index (χ3n) is 3.85. The summed E-state index contributed by atoms with van der Waals surface area (Å²) in [5, 5.41) is 0. The molecule has 0 amide bonds. The van der Waals surface area contributed by atoms with Crippen molar-refractivity contribution in [3.05, 3.63) is 60.7 Å². The third-order valence-corrected chi connectivity index (χ3v) is 5.83. The van der Waals surface area contributed by atoms with Crippen molar-refractivity contribution in [3.8, 4) is 11.5 Å². The van der Waals surface area contributed by atoms with Crippen LogP contribution in [0.4, 0.5) is 0 Å². The Labute approximate surface area is 145 Å². The molecule has 5 heteroatoms. The predicted molar refractivity (Wildman–Crippen MR) is 95.9 cm³/mol. The Hall–Kier alpha value is -1.82. The SMILES string of the molecule is CCC(C[SiH](Oc1ccccc1)Oc1ccccc1)OCC1CO1. The van der Waals surface area contributed by atoms with Crippen molar-refractivity contribution in [1.29, 1.82) is 0 Å². The van der Waals surface area contributed by atoms with Gasteiger partial charge < -0.3 is 18.3 Å². The van der Waals surface area contributed by atoms with E-state index in [9.17, 15) is 0 Å². The largest absolute Gasteiger partial charge is 0.514 e. The summed E-state index contributed by atoms with van der Waals surface area (Å²) < 4.78 is 23.6. The Morgan fingerprint density at radius 2 is 1.54 bits per heavy atom. The van der Waals surface area contributed by atoms with Crippen LogP contribution in [0.3, 0.4) is 0 Å². The molecule has 1 saturated heterocycles. The fourth-order valence-electron chi connectivity index (χ4n) is 2.40. The Kier molecular flexibility index (Phi) is 6.29. The van der Waals surface area contributed by atoms with E-state index in [0.717, 1.165) is 30.6 Å². The minimum Gasteiger partial charge on any atom is -0.514 e. The molecule has 2 aromatic rings. The van der Waals surface area contributed by atoms with E-state index in [1.165, 1.54) is 0 Å². The van der Waals surface area contributed by atoms with Crippen molar-refractivity contribution in [3.63, 3.8) is 0 Å². The molecule has 3 rings (SSSR count). The molecule has 2 unspecified atom stereocenters. The molecule has 1 aliphatic rings. The number of para-hydroxylation sites is 2. The number of benzene rings is 2. The van der Waals surface area contributed by atoms with Gasteiger partial charge in [0, 0.05) is 6.04 Å². The Bertz CT molecular complexity index is 547. The Morgan fingerprint density at radius 1 is 1.00 bits per heavy atom. The van der Waals surface area contributed by atoms with Gasteiger partial charge in [0.05, 0.1) is 19.3 Å². The number of hydrogen-bond donors (Lipinski definition) is 0. The first-order chi connectivity index (χ1) is 11.8. The van der Waals surface area contributed by atoms with E-state index < -0.39 is 9.28 Å².